The Morgan fingerprint density at radius 1 is 1.64 bits per heavy atom. The first-order valence-corrected chi connectivity index (χ1v) is 4.54. The number of furan rings is 1. The molecule has 0 aromatic carbocycles. The fourth-order valence-electron chi connectivity index (χ4n) is 0.910. The molecule has 1 aromatic heterocycles. The zero-order valence-corrected chi connectivity index (χ0v) is 8.89. The second-order valence-corrected chi connectivity index (χ2v) is 3.40. The molecule has 0 aliphatic carbocycles. The van der Waals surface area contributed by atoms with Gasteiger partial charge < -0.3 is 19.4 Å². The van der Waals surface area contributed by atoms with Crippen LogP contribution in [-0.4, -0.2) is 29.4 Å². The minimum Gasteiger partial charge on any atom is -0.467 e. The second-order valence-electron chi connectivity index (χ2n) is 2.55. The molecule has 2 N–H and O–H groups in total. The molecule has 0 radical (unpaired) electrons. The van der Waals surface area contributed by atoms with Crippen molar-refractivity contribution in [2.24, 2.45) is 0 Å². The summed E-state index contributed by atoms with van der Waals surface area (Å²) in [5, 5.41) is 18.8. The van der Waals surface area contributed by atoms with Gasteiger partial charge in [0.05, 0.1) is 17.8 Å². The zero-order valence-electron chi connectivity index (χ0n) is 7.31. The van der Waals surface area contributed by atoms with Gasteiger partial charge in [0, 0.05) is 0 Å². The van der Waals surface area contributed by atoms with Gasteiger partial charge in [-0.1, -0.05) is 0 Å². The van der Waals surface area contributed by atoms with Gasteiger partial charge in [-0.2, -0.15) is 0 Å². The lowest BCUT2D eigenvalue weighted by atomic mass is 10.1. The smallest absolute Gasteiger partial charge is 0.337 e. The van der Waals surface area contributed by atoms with E-state index in [9.17, 15) is 15.0 Å². The molecular weight excluding hydrogens is 256 g/mol. The van der Waals surface area contributed by atoms with Crippen LogP contribution in [0.2, 0.25) is 0 Å². The predicted octanol–water partition coefficient (Wildman–Crippen LogP) is 0.609. The van der Waals surface area contributed by atoms with Gasteiger partial charge >= 0.3 is 5.97 Å². The summed E-state index contributed by atoms with van der Waals surface area (Å²) in [5.41, 5.74) is 0. The molecule has 1 rings (SSSR count). The number of methoxy groups -OCH3 is 1. The number of hydrogen-bond donors (Lipinski definition) is 2. The summed E-state index contributed by atoms with van der Waals surface area (Å²) < 4.78 is 9.62. The van der Waals surface area contributed by atoms with E-state index in [2.05, 4.69) is 20.7 Å². The number of carbonyl (C=O) groups is 1. The predicted molar refractivity (Wildman–Crippen MR) is 49.4 cm³/mol. The van der Waals surface area contributed by atoms with Crippen molar-refractivity contribution in [1.82, 2.24) is 0 Å². The maximum Gasteiger partial charge on any atom is 0.337 e. The summed E-state index contributed by atoms with van der Waals surface area (Å²) in [6, 6.07) is 1.54. The highest BCUT2D eigenvalue weighted by Gasteiger charge is 2.30. The van der Waals surface area contributed by atoms with Crippen LogP contribution in [0.15, 0.2) is 21.2 Å². The van der Waals surface area contributed by atoms with E-state index in [0.29, 0.717) is 4.47 Å². The molecule has 0 saturated carbocycles. The summed E-state index contributed by atoms with van der Waals surface area (Å²) in [4.78, 5) is 10.9. The topological polar surface area (TPSA) is 79.9 Å². The van der Waals surface area contributed by atoms with Crippen LogP contribution >= 0.6 is 15.9 Å². The molecule has 2 atom stereocenters. The van der Waals surface area contributed by atoms with Crippen molar-refractivity contribution in [3.05, 3.63) is 22.6 Å². The fraction of sp³-hybridized carbons (Fsp3) is 0.375. The van der Waals surface area contributed by atoms with Crippen molar-refractivity contribution in [2.75, 3.05) is 7.11 Å². The number of aliphatic hydroxyl groups excluding tert-OH is 2. The Bertz CT molecular complexity index is 321. The van der Waals surface area contributed by atoms with Crippen LogP contribution in [0.3, 0.4) is 0 Å². The van der Waals surface area contributed by atoms with Crippen molar-refractivity contribution < 1.29 is 24.2 Å². The summed E-state index contributed by atoms with van der Waals surface area (Å²) in [6.07, 6.45) is -1.76. The highest BCUT2D eigenvalue weighted by atomic mass is 79.9. The molecule has 0 amide bonds. The lowest BCUT2D eigenvalue weighted by Gasteiger charge is -2.13. The molecule has 5 nitrogen and oxygen atoms in total. The van der Waals surface area contributed by atoms with Gasteiger partial charge in [-0.25, -0.2) is 4.79 Å². The monoisotopic (exact) mass is 264 g/mol. The molecule has 1 aromatic rings. The van der Waals surface area contributed by atoms with E-state index >= 15 is 0 Å². The standard InChI is InChI=1S/C8H9BrO5/c1-13-8(12)6(11)5(10)7-4(9)2-3-14-7/h2-3,5-6,10-11H,1H3. The van der Waals surface area contributed by atoms with E-state index in [0.717, 1.165) is 7.11 Å². The number of rotatable bonds is 3. The molecule has 0 saturated heterocycles. The molecule has 1 heterocycles. The number of ether oxygens (including phenoxy) is 1. The molecule has 6 heteroatoms. The van der Waals surface area contributed by atoms with Gasteiger partial charge in [-0.3, -0.25) is 0 Å². The fourth-order valence-corrected chi connectivity index (χ4v) is 1.35. The van der Waals surface area contributed by atoms with E-state index in [-0.39, 0.29) is 5.76 Å². The summed E-state index contributed by atoms with van der Waals surface area (Å²) in [6.45, 7) is 0. The van der Waals surface area contributed by atoms with Crippen molar-refractivity contribution in [3.63, 3.8) is 0 Å². The third-order valence-corrected chi connectivity index (χ3v) is 2.31. The molecule has 0 fully saturated rings. The first kappa shape index (κ1) is 11.2. The average molecular weight is 265 g/mol. The first-order chi connectivity index (χ1) is 6.57. The Kier molecular flexibility index (Phi) is 3.68. The quantitative estimate of drug-likeness (QED) is 0.782. The Hall–Kier alpha value is -0.850. The third kappa shape index (κ3) is 2.14. The second kappa shape index (κ2) is 4.59. The third-order valence-electron chi connectivity index (χ3n) is 1.66. The number of aliphatic hydroxyl groups is 2. The van der Waals surface area contributed by atoms with Crippen molar-refractivity contribution in [3.8, 4) is 0 Å². The number of esters is 1. The van der Waals surface area contributed by atoms with Crippen LogP contribution in [0.25, 0.3) is 0 Å². The lowest BCUT2D eigenvalue weighted by molar-refractivity contribution is -0.157. The van der Waals surface area contributed by atoms with Gasteiger partial charge in [0.2, 0.25) is 0 Å². The van der Waals surface area contributed by atoms with Crippen molar-refractivity contribution in [2.45, 2.75) is 12.2 Å². The highest BCUT2D eigenvalue weighted by molar-refractivity contribution is 9.10. The largest absolute Gasteiger partial charge is 0.467 e. The van der Waals surface area contributed by atoms with E-state index in [1.54, 1.807) is 6.07 Å². The summed E-state index contributed by atoms with van der Waals surface area (Å²) in [5.74, 6) is -0.830. The van der Waals surface area contributed by atoms with E-state index < -0.39 is 18.2 Å². The van der Waals surface area contributed by atoms with Gasteiger partial charge in [0.15, 0.2) is 6.10 Å². The summed E-state index contributed by atoms with van der Waals surface area (Å²) >= 11 is 3.09. The van der Waals surface area contributed by atoms with Gasteiger partial charge in [0.1, 0.15) is 11.9 Å². The van der Waals surface area contributed by atoms with Crippen molar-refractivity contribution in [1.29, 1.82) is 0 Å². The van der Waals surface area contributed by atoms with Crippen LogP contribution in [0.5, 0.6) is 0 Å². The van der Waals surface area contributed by atoms with E-state index in [1.165, 1.54) is 6.26 Å². The molecule has 0 spiro atoms. The first-order valence-electron chi connectivity index (χ1n) is 3.74. The van der Waals surface area contributed by atoms with E-state index in [1.807, 2.05) is 0 Å². The minimum atomic E-state index is -1.65. The Labute approximate surface area is 88.4 Å². The average Bonchev–Trinajstić information content (AvgIpc) is 2.61. The molecule has 78 valence electrons. The Morgan fingerprint density at radius 3 is 2.71 bits per heavy atom. The van der Waals surface area contributed by atoms with Crippen LogP contribution in [0, 0.1) is 0 Å². The molecule has 14 heavy (non-hydrogen) atoms. The maximum absolute atomic E-state index is 10.9. The Balaban J connectivity index is 2.80. The lowest BCUT2D eigenvalue weighted by Crippen LogP contribution is -2.28. The molecule has 0 aliphatic heterocycles. The number of hydrogen-bond acceptors (Lipinski definition) is 5. The number of carbonyl (C=O) groups excluding carboxylic acids is 1. The van der Waals surface area contributed by atoms with E-state index in [4.69, 9.17) is 4.42 Å². The van der Waals surface area contributed by atoms with Gasteiger partial charge in [-0.15, -0.1) is 0 Å². The van der Waals surface area contributed by atoms with Crippen LogP contribution in [0.1, 0.15) is 11.9 Å². The van der Waals surface area contributed by atoms with Crippen LogP contribution in [0.4, 0.5) is 0 Å². The molecule has 2 unspecified atom stereocenters. The molecule has 0 aliphatic rings. The Morgan fingerprint density at radius 2 is 2.29 bits per heavy atom. The van der Waals surface area contributed by atoms with Crippen molar-refractivity contribution >= 4 is 21.9 Å². The maximum atomic E-state index is 10.9. The summed E-state index contributed by atoms with van der Waals surface area (Å²) in [7, 11) is 1.12. The number of halogens is 1. The van der Waals surface area contributed by atoms with Gasteiger partial charge in [-0.05, 0) is 22.0 Å². The minimum absolute atomic E-state index is 0.0860. The highest BCUT2D eigenvalue weighted by Crippen LogP contribution is 2.26. The van der Waals surface area contributed by atoms with Gasteiger partial charge in [0.25, 0.3) is 0 Å². The SMILES string of the molecule is COC(=O)C(O)C(O)c1occc1Br. The van der Waals surface area contributed by atoms with Crippen LogP contribution < -0.4 is 0 Å². The van der Waals surface area contributed by atoms with Crippen LogP contribution in [-0.2, 0) is 9.53 Å². The normalized spacial score (nSPS) is 14.9. The zero-order chi connectivity index (χ0) is 10.7. The molecular formula is C8H9BrO5. The molecule has 0 bridgehead atoms.